The molecule has 2 N–H and O–H groups in total. The maximum atomic E-state index is 12.2. The van der Waals surface area contributed by atoms with Gasteiger partial charge in [-0.2, -0.15) is 0 Å². The molecule has 0 aliphatic heterocycles. The maximum Gasteiger partial charge on any atom is 0.316 e. The first-order chi connectivity index (χ1) is 16.2. The molecule has 0 radical (unpaired) electrons. The Morgan fingerprint density at radius 2 is 0.553 bits per heavy atom. The van der Waals surface area contributed by atoms with E-state index in [4.69, 9.17) is 19.7 Å². The molecule has 0 heterocycles. The molecular formula is C24H22Ba2Mg2O10. The minimum absolute atomic E-state index is 0. The Kier molecular flexibility index (Phi) is 19.7. The van der Waals surface area contributed by atoms with Gasteiger partial charge < -0.3 is 19.7 Å². The van der Waals surface area contributed by atoms with Crippen molar-refractivity contribution in [2.24, 2.45) is 0 Å². The van der Waals surface area contributed by atoms with Crippen molar-refractivity contribution in [1.29, 1.82) is 0 Å². The van der Waals surface area contributed by atoms with E-state index in [1.54, 1.807) is 0 Å². The number of benzene rings is 3. The third-order valence-electron chi connectivity index (χ3n) is 4.46. The molecule has 3 rings (SSSR count). The third-order valence-corrected chi connectivity index (χ3v) is 4.46. The first-order valence-corrected chi connectivity index (χ1v) is 9.45. The molecule has 3 aromatic rings. The van der Waals surface area contributed by atoms with Crippen LogP contribution in [0.25, 0.3) is 0 Å². The van der Waals surface area contributed by atoms with Crippen LogP contribution >= 0.6 is 0 Å². The normalized spacial score (nSPS) is 9.05. The van der Waals surface area contributed by atoms with Crippen LogP contribution in [0, 0.1) is 0 Å². The topological polar surface area (TPSA) is 161 Å². The molecule has 10 nitrogen and oxygen atoms in total. The molecule has 186 valence electrons. The fourth-order valence-electron chi connectivity index (χ4n) is 2.64. The van der Waals surface area contributed by atoms with Crippen LogP contribution in [0.4, 0.5) is 0 Å². The van der Waals surface area contributed by atoms with Crippen molar-refractivity contribution in [3.8, 4) is 0 Å². The van der Waals surface area contributed by atoms with Gasteiger partial charge in [0.1, 0.15) is 0 Å². The zero-order chi connectivity index (χ0) is 24.8. The number of aromatic carboxylic acids is 2. The monoisotopic (exact) mass is 794 g/mol. The summed E-state index contributed by atoms with van der Waals surface area (Å²) in [6.07, 6.45) is 0. The van der Waals surface area contributed by atoms with E-state index in [0.29, 0.717) is 0 Å². The second-order valence-corrected chi connectivity index (χ2v) is 6.70. The van der Waals surface area contributed by atoms with Gasteiger partial charge in [-0.1, -0.05) is 0 Å². The van der Waals surface area contributed by atoms with Crippen molar-refractivity contribution >= 4 is 180 Å². The Hall–Kier alpha value is -0.445. The minimum Gasteiger partial charge on any atom is 0.316 e. The summed E-state index contributed by atoms with van der Waals surface area (Å²) < 4.78 is 9.47. The number of rotatable bonds is 6. The van der Waals surface area contributed by atoms with Crippen molar-refractivity contribution in [1.82, 2.24) is 0 Å². The van der Waals surface area contributed by atoms with E-state index in [9.17, 15) is 28.8 Å². The number of carbonyl (C=O) groups is 6. The summed E-state index contributed by atoms with van der Waals surface area (Å²) in [5.74, 6) is -6.36. The van der Waals surface area contributed by atoms with Gasteiger partial charge in [-0.15, -0.1) is 0 Å². The molecule has 0 saturated heterocycles. The van der Waals surface area contributed by atoms with E-state index < -0.39 is 35.8 Å². The number of hydrogen-bond donors (Lipinski definition) is 2. The maximum absolute atomic E-state index is 12.2. The Bertz CT molecular complexity index is 1210. The largest absolute Gasteiger partial charge is 0.316 e. The van der Waals surface area contributed by atoms with Crippen molar-refractivity contribution in [2.75, 3.05) is 0 Å². The summed E-state index contributed by atoms with van der Waals surface area (Å²) >= 11 is 0. The molecule has 0 saturated carbocycles. The van der Waals surface area contributed by atoms with E-state index in [2.05, 4.69) is 0 Å². The molecule has 0 spiro atoms. The van der Waals surface area contributed by atoms with Gasteiger partial charge in [0.25, 0.3) is 0 Å². The van der Waals surface area contributed by atoms with Crippen LogP contribution in [0.5, 0.6) is 0 Å². The summed E-state index contributed by atoms with van der Waals surface area (Å²) in [6.45, 7) is 0. The Balaban J connectivity index is 0. The molecule has 0 amide bonds. The Morgan fingerprint density at radius 1 is 0.395 bits per heavy atom. The van der Waals surface area contributed by atoms with Gasteiger partial charge in [-0.05, 0) is 72.8 Å². The fraction of sp³-hybridized carbons (Fsp3) is 0. The number of carboxylic acid groups (broad SMARTS) is 2. The SMILES string of the molecule is O=C(O)c1ccc(C(=O)OC(=O)c2ccc(C(=O)OC(=O)c3ccc(C(=O)O)cc3)cc2)cc1.[BaH2].[BaH2].[MgH2].[MgH2]. The molecule has 0 atom stereocenters. The second-order valence-electron chi connectivity index (χ2n) is 6.70. The standard InChI is InChI=1S/C24H14O10.2Ba.2Mg.8H/c25-19(26)13-1-5-15(6-2-13)21(29)33-23(31)17-9-11-18(12-10-17)24(32)34-22(30)16-7-3-14(4-8-16)20(27)28;;;;;;;;;;;;/h1-12H,(H,25,26)(H,27,28);;;;;;;;;;;;. The predicted molar refractivity (Wildman–Crippen MR) is 147 cm³/mol. The minimum atomic E-state index is -1.17. The zero-order valence-corrected chi connectivity index (χ0v) is 17.1. The first-order valence-electron chi connectivity index (χ1n) is 9.45. The molecule has 38 heavy (non-hydrogen) atoms. The molecular weight excluding hydrogens is 772 g/mol. The summed E-state index contributed by atoms with van der Waals surface area (Å²) in [4.78, 5) is 70.2. The first kappa shape index (κ1) is 39.7. The smallest absolute Gasteiger partial charge is 0.316 e. The quantitative estimate of drug-likeness (QED) is 0.188. The van der Waals surface area contributed by atoms with E-state index in [1.165, 1.54) is 72.8 Å². The molecule has 0 aromatic heterocycles. The van der Waals surface area contributed by atoms with Crippen LogP contribution in [-0.4, -0.2) is 190 Å². The van der Waals surface area contributed by atoms with E-state index >= 15 is 0 Å². The number of hydrogen-bond acceptors (Lipinski definition) is 8. The van der Waals surface area contributed by atoms with Crippen LogP contribution < -0.4 is 0 Å². The number of carboxylic acids is 2. The summed E-state index contributed by atoms with van der Waals surface area (Å²) in [7, 11) is 0. The molecule has 0 fully saturated rings. The van der Waals surface area contributed by atoms with E-state index in [1.807, 2.05) is 0 Å². The molecule has 0 unspecified atom stereocenters. The zero-order valence-electron chi connectivity index (χ0n) is 17.1. The van der Waals surface area contributed by atoms with Crippen LogP contribution in [0.15, 0.2) is 72.8 Å². The van der Waals surface area contributed by atoms with Gasteiger partial charge >= 0.3 is 180 Å². The van der Waals surface area contributed by atoms with Gasteiger partial charge in [0, 0.05) is 0 Å². The summed E-state index contributed by atoms with van der Waals surface area (Å²) in [5, 5.41) is 17.7. The van der Waals surface area contributed by atoms with Gasteiger partial charge in [-0.3, -0.25) is 0 Å². The van der Waals surface area contributed by atoms with Crippen LogP contribution in [0.1, 0.15) is 62.1 Å². The van der Waals surface area contributed by atoms with E-state index in [0.717, 1.165) is 0 Å². The summed E-state index contributed by atoms with van der Waals surface area (Å²) in [5.41, 5.74) is -0.283. The van der Waals surface area contributed by atoms with Gasteiger partial charge in [0.05, 0.1) is 33.4 Å². The molecule has 0 aliphatic rings. The molecule has 14 heteroatoms. The number of carbonyl (C=O) groups excluding carboxylic acids is 4. The molecule has 3 aromatic carbocycles. The van der Waals surface area contributed by atoms with Crippen molar-refractivity contribution in [3.63, 3.8) is 0 Å². The second kappa shape index (κ2) is 18.8. The Morgan fingerprint density at radius 3 is 0.711 bits per heavy atom. The number of esters is 4. The summed E-state index contributed by atoms with van der Waals surface area (Å²) in [6, 6.07) is 14.3. The van der Waals surface area contributed by atoms with Crippen LogP contribution in [0.2, 0.25) is 0 Å². The Labute approximate surface area is 328 Å². The average Bonchev–Trinajstić information content (AvgIpc) is 2.84. The number of ether oxygens (including phenoxy) is 2. The van der Waals surface area contributed by atoms with Gasteiger partial charge in [-0.25, -0.2) is 28.8 Å². The van der Waals surface area contributed by atoms with Crippen LogP contribution in [-0.2, 0) is 9.47 Å². The molecule has 0 bridgehead atoms. The predicted octanol–water partition coefficient (Wildman–Crippen LogP) is -0.587. The van der Waals surface area contributed by atoms with Gasteiger partial charge in [0.2, 0.25) is 0 Å². The van der Waals surface area contributed by atoms with Gasteiger partial charge in [0.15, 0.2) is 0 Å². The molecule has 0 aliphatic carbocycles. The third kappa shape index (κ3) is 11.2. The fourth-order valence-corrected chi connectivity index (χ4v) is 2.64. The van der Waals surface area contributed by atoms with Crippen molar-refractivity contribution in [2.45, 2.75) is 0 Å². The van der Waals surface area contributed by atoms with Crippen LogP contribution in [0.3, 0.4) is 0 Å². The van der Waals surface area contributed by atoms with E-state index in [-0.39, 0.29) is 177 Å². The van der Waals surface area contributed by atoms with Crippen molar-refractivity contribution in [3.05, 3.63) is 106 Å². The average molecular weight is 794 g/mol. The van der Waals surface area contributed by atoms with Crippen molar-refractivity contribution < 1.29 is 48.5 Å².